The van der Waals surface area contributed by atoms with Gasteiger partial charge < -0.3 is 4.74 Å². The Morgan fingerprint density at radius 3 is 2.19 bits per heavy atom. The number of nitrogens with zero attached hydrogens (tertiary/aromatic N) is 3. The van der Waals surface area contributed by atoms with Crippen LogP contribution in [0, 0.1) is 0 Å². The molecule has 2 saturated heterocycles. The first kappa shape index (κ1) is 22.0. The average molecular weight is 441 g/mol. The monoisotopic (exact) mass is 441 g/mol. The summed E-state index contributed by atoms with van der Waals surface area (Å²) in [5.41, 5.74) is -0.262. The number of carbonyl (C=O) groups excluding carboxylic acids is 5. The van der Waals surface area contributed by atoms with Gasteiger partial charge in [0.05, 0.1) is 11.1 Å². The number of fused-ring (bicyclic) bond motifs is 2. The molecular formula is C23H27N3O6. The number of rotatable bonds is 2. The van der Waals surface area contributed by atoms with Gasteiger partial charge in [-0.15, -0.1) is 0 Å². The predicted octanol–water partition coefficient (Wildman–Crippen LogP) is 1.91. The molecule has 32 heavy (non-hydrogen) atoms. The Kier molecular flexibility index (Phi) is 5.52. The summed E-state index contributed by atoms with van der Waals surface area (Å²) in [6, 6.07) is 4.36. The second-order valence-corrected chi connectivity index (χ2v) is 9.33. The highest BCUT2D eigenvalue weighted by molar-refractivity contribution is 6.23. The molecule has 4 rings (SSSR count). The minimum Gasteiger partial charge on any atom is -0.458 e. The second-order valence-electron chi connectivity index (χ2n) is 9.33. The molecule has 0 spiro atoms. The number of esters is 1. The SMILES string of the molecule is CC(C)(C)OC(=O)[C@@H]1CCCN2C(=O)CCC[C@H](N3C(=O)c4ccccc4C3=O)C(=O)N12. The summed E-state index contributed by atoms with van der Waals surface area (Å²) in [6.07, 6.45) is 1.53. The Labute approximate surface area is 186 Å². The number of hydrogen-bond acceptors (Lipinski definition) is 6. The molecule has 0 radical (unpaired) electrons. The zero-order valence-electron chi connectivity index (χ0n) is 18.5. The van der Waals surface area contributed by atoms with Gasteiger partial charge in [-0.05, 0) is 58.6 Å². The van der Waals surface area contributed by atoms with E-state index in [1.165, 1.54) is 5.01 Å². The molecule has 0 bridgehead atoms. The Morgan fingerprint density at radius 2 is 1.59 bits per heavy atom. The van der Waals surface area contributed by atoms with E-state index in [0.29, 0.717) is 25.8 Å². The molecule has 0 N–H and O–H groups in total. The van der Waals surface area contributed by atoms with Gasteiger partial charge in [0.1, 0.15) is 11.6 Å². The van der Waals surface area contributed by atoms with Crippen LogP contribution < -0.4 is 0 Å². The number of hydrazine groups is 1. The van der Waals surface area contributed by atoms with Crippen molar-refractivity contribution in [1.29, 1.82) is 0 Å². The normalized spacial score (nSPS) is 24.2. The van der Waals surface area contributed by atoms with Crippen molar-refractivity contribution in [2.45, 2.75) is 70.6 Å². The van der Waals surface area contributed by atoms with Crippen LogP contribution in [0.3, 0.4) is 0 Å². The number of ether oxygens (including phenoxy) is 1. The molecule has 9 heteroatoms. The van der Waals surface area contributed by atoms with E-state index in [4.69, 9.17) is 4.74 Å². The number of imide groups is 1. The van der Waals surface area contributed by atoms with Gasteiger partial charge in [-0.1, -0.05) is 12.1 Å². The van der Waals surface area contributed by atoms with Crippen LogP contribution in [0.4, 0.5) is 0 Å². The second kappa shape index (κ2) is 8.03. The van der Waals surface area contributed by atoms with Crippen molar-refractivity contribution in [3.63, 3.8) is 0 Å². The third kappa shape index (κ3) is 3.76. The molecule has 0 aliphatic carbocycles. The maximum absolute atomic E-state index is 13.8. The van der Waals surface area contributed by atoms with Crippen LogP contribution >= 0.6 is 0 Å². The Hall–Kier alpha value is -3.23. The lowest BCUT2D eigenvalue weighted by Gasteiger charge is -2.46. The summed E-state index contributed by atoms with van der Waals surface area (Å²) in [7, 11) is 0. The maximum atomic E-state index is 13.8. The van der Waals surface area contributed by atoms with Crippen LogP contribution in [-0.2, 0) is 19.1 Å². The highest BCUT2D eigenvalue weighted by Crippen LogP contribution is 2.31. The highest BCUT2D eigenvalue weighted by atomic mass is 16.6. The Bertz CT molecular complexity index is 963. The first-order chi connectivity index (χ1) is 15.1. The molecular weight excluding hydrogens is 414 g/mol. The van der Waals surface area contributed by atoms with Gasteiger partial charge in [-0.2, -0.15) is 0 Å². The van der Waals surface area contributed by atoms with Crippen LogP contribution in [0.5, 0.6) is 0 Å². The van der Waals surface area contributed by atoms with Gasteiger partial charge in [0, 0.05) is 13.0 Å². The molecule has 3 aliphatic heterocycles. The predicted molar refractivity (Wildman–Crippen MR) is 112 cm³/mol. The Morgan fingerprint density at radius 1 is 0.969 bits per heavy atom. The van der Waals surface area contributed by atoms with Crippen LogP contribution in [0.1, 0.15) is 73.6 Å². The van der Waals surface area contributed by atoms with E-state index in [1.54, 1.807) is 45.0 Å². The minimum atomic E-state index is -1.10. The average Bonchev–Trinajstić information content (AvgIpc) is 2.99. The topological polar surface area (TPSA) is 104 Å². The van der Waals surface area contributed by atoms with E-state index in [2.05, 4.69) is 0 Å². The summed E-state index contributed by atoms with van der Waals surface area (Å²) < 4.78 is 5.52. The first-order valence-electron chi connectivity index (χ1n) is 10.9. The van der Waals surface area contributed by atoms with E-state index in [-0.39, 0.29) is 29.9 Å². The molecule has 0 saturated carbocycles. The molecule has 1 aromatic rings. The van der Waals surface area contributed by atoms with E-state index in [0.717, 1.165) is 9.91 Å². The smallest absolute Gasteiger partial charge is 0.331 e. The van der Waals surface area contributed by atoms with Crippen LogP contribution in [-0.4, -0.2) is 68.7 Å². The molecule has 170 valence electrons. The molecule has 4 amide bonds. The maximum Gasteiger partial charge on any atom is 0.331 e. The minimum absolute atomic E-state index is 0.154. The third-order valence-corrected chi connectivity index (χ3v) is 5.89. The third-order valence-electron chi connectivity index (χ3n) is 5.89. The van der Waals surface area contributed by atoms with Gasteiger partial charge in [0.25, 0.3) is 17.7 Å². The summed E-state index contributed by atoms with van der Waals surface area (Å²) in [5, 5.41) is 2.44. The van der Waals surface area contributed by atoms with Gasteiger partial charge in [0.15, 0.2) is 6.04 Å². The van der Waals surface area contributed by atoms with Gasteiger partial charge in [-0.3, -0.25) is 29.1 Å². The van der Waals surface area contributed by atoms with Gasteiger partial charge in [0.2, 0.25) is 5.91 Å². The summed E-state index contributed by atoms with van der Waals surface area (Å²) in [5.74, 6) is -2.54. The highest BCUT2D eigenvalue weighted by Gasteiger charge is 2.49. The van der Waals surface area contributed by atoms with Crippen LogP contribution in [0.2, 0.25) is 0 Å². The van der Waals surface area contributed by atoms with Crippen molar-refractivity contribution in [2.24, 2.45) is 0 Å². The fourth-order valence-corrected chi connectivity index (χ4v) is 4.52. The van der Waals surface area contributed by atoms with Crippen LogP contribution in [0.15, 0.2) is 24.3 Å². The van der Waals surface area contributed by atoms with Crippen molar-refractivity contribution in [2.75, 3.05) is 6.54 Å². The van der Waals surface area contributed by atoms with E-state index in [1.807, 2.05) is 0 Å². The van der Waals surface area contributed by atoms with E-state index >= 15 is 0 Å². The molecule has 2 atom stereocenters. The molecule has 0 unspecified atom stereocenters. The van der Waals surface area contributed by atoms with Crippen molar-refractivity contribution >= 4 is 29.6 Å². The molecule has 2 fully saturated rings. The summed E-state index contributed by atoms with van der Waals surface area (Å²) in [6.45, 7) is 5.48. The number of carbonyl (C=O) groups is 5. The zero-order valence-corrected chi connectivity index (χ0v) is 18.5. The van der Waals surface area contributed by atoms with E-state index < -0.39 is 41.4 Å². The van der Waals surface area contributed by atoms with Crippen molar-refractivity contribution < 1.29 is 28.7 Å². The quantitative estimate of drug-likeness (QED) is 0.513. The largest absolute Gasteiger partial charge is 0.458 e. The van der Waals surface area contributed by atoms with Gasteiger partial charge >= 0.3 is 5.97 Å². The summed E-state index contributed by atoms with van der Waals surface area (Å²) in [4.78, 5) is 66.6. The van der Waals surface area contributed by atoms with E-state index in [9.17, 15) is 24.0 Å². The first-order valence-corrected chi connectivity index (χ1v) is 10.9. The van der Waals surface area contributed by atoms with Gasteiger partial charge in [-0.25, -0.2) is 9.80 Å². The summed E-state index contributed by atoms with van der Waals surface area (Å²) >= 11 is 0. The van der Waals surface area contributed by atoms with Crippen LogP contribution in [0.25, 0.3) is 0 Å². The van der Waals surface area contributed by atoms with Crippen molar-refractivity contribution in [3.05, 3.63) is 35.4 Å². The number of amides is 4. The lowest BCUT2D eigenvalue weighted by Crippen LogP contribution is -2.65. The number of benzene rings is 1. The molecule has 1 aromatic carbocycles. The van der Waals surface area contributed by atoms with Crippen molar-refractivity contribution in [1.82, 2.24) is 14.9 Å². The fourth-order valence-electron chi connectivity index (χ4n) is 4.52. The molecule has 3 heterocycles. The lowest BCUT2D eigenvalue weighted by molar-refractivity contribution is -0.192. The zero-order chi connectivity index (χ0) is 23.2. The molecule has 0 aromatic heterocycles. The fraction of sp³-hybridized carbons (Fsp3) is 0.522. The van der Waals surface area contributed by atoms with Crippen molar-refractivity contribution in [3.8, 4) is 0 Å². The number of hydrogen-bond donors (Lipinski definition) is 0. The lowest BCUT2D eigenvalue weighted by atomic mass is 10.00. The molecule has 3 aliphatic rings. The standard InChI is InChI=1S/C23H27N3O6/c1-23(2,3)32-22(31)17-11-7-13-24-18(27)12-6-10-16(21(30)26(17)24)25-19(28)14-8-4-5-9-15(14)20(25)29/h4-5,8-9,16-17H,6-7,10-13H2,1-3H3/t16-,17-/m0/s1. The molecule has 9 nitrogen and oxygen atoms in total. The Balaban J connectivity index is 1.70.